The third-order valence-corrected chi connectivity index (χ3v) is 4.20. The third-order valence-electron chi connectivity index (χ3n) is 3.26. The first kappa shape index (κ1) is 14.5. The van der Waals surface area contributed by atoms with E-state index in [1.165, 1.54) is 11.2 Å². The van der Waals surface area contributed by atoms with E-state index in [9.17, 15) is 4.79 Å². The van der Waals surface area contributed by atoms with Gasteiger partial charge < -0.3 is 5.32 Å². The van der Waals surface area contributed by atoms with Crippen molar-refractivity contribution in [3.05, 3.63) is 53.0 Å². The zero-order valence-corrected chi connectivity index (χ0v) is 12.8. The number of hydrogen-bond acceptors (Lipinski definition) is 4. The van der Waals surface area contributed by atoms with Crippen molar-refractivity contribution in [2.24, 2.45) is 0 Å². The molecule has 0 aliphatic rings. The summed E-state index contributed by atoms with van der Waals surface area (Å²) in [7, 11) is 0. The van der Waals surface area contributed by atoms with Crippen LogP contribution in [0.4, 0.5) is 5.69 Å². The number of rotatable bonds is 6. The van der Waals surface area contributed by atoms with Crippen molar-refractivity contribution in [3.63, 3.8) is 0 Å². The first-order valence-electron chi connectivity index (χ1n) is 7.09. The third kappa shape index (κ3) is 3.79. The fourth-order valence-electron chi connectivity index (χ4n) is 2.16. The number of hydrogen-bond donors (Lipinski definition) is 2. The van der Waals surface area contributed by atoms with Gasteiger partial charge in [0, 0.05) is 22.5 Å². The van der Waals surface area contributed by atoms with Crippen LogP contribution in [0.1, 0.15) is 17.7 Å². The number of carbonyl (C=O) groups excluding carboxylic acids is 1. The molecule has 6 heteroatoms. The maximum Gasteiger partial charge on any atom is 0.224 e. The van der Waals surface area contributed by atoms with Crippen molar-refractivity contribution in [1.82, 2.24) is 15.2 Å². The van der Waals surface area contributed by atoms with Gasteiger partial charge in [0.25, 0.3) is 0 Å². The fourth-order valence-corrected chi connectivity index (χ4v) is 2.91. The Labute approximate surface area is 132 Å². The van der Waals surface area contributed by atoms with E-state index in [2.05, 4.69) is 31.9 Å². The Morgan fingerprint density at radius 2 is 2.09 bits per heavy atom. The predicted octanol–water partition coefficient (Wildman–Crippen LogP) is 3.49. The number of amides is 1. The van der Waals surface area contributed by atoms with Crippen LogP contribution in [-0.2, 0) is 11.2 Å². The molecule has 3 aromatic rings. The number of nitrogens with one attached hydrogen (secondary N) is 2. The number of H-pyrrole nitrogens is 1. The van der Waals surface area contributed by atoms with Gasteiger partial charge in [-0.3, -0.25) is 9.89 Å². The second-order valence-corrected chi connectivity index (χ2v) is 5.92. The number of benzene rings is 1. The van der Waals surface area contributed by atoms with Gasteiger partial charge in [0.1, 0.15) is 6.33 Å². The number of nitrogens with zero attached hydrogens (tertiary/aromatic N) is 2. The van der Waals surface area contributed by atoms with Crippen molar-refractivity contribution < 1.29 is 4.79 Å². The summed E-state index contributed by atoms with van der Waals surface area (Å²) in [5.41, 5.74) is 1.73. The van der Waals surface area contributed by atoms with E-state index in [4.69, 9.17) is 0 Å². The number of aryl methyl sites for hydroxylation is 1. The maximum atomic E-state index is 11.9. The van der Waals surface area contributed by atoms with Crippen LogP contribution in [0.5, 0.6) is 0 Å². The molecule has 0 unspecified atom stereocenters. The smallest absolute Gasteiger partial charge is 0.224 e. The van der Waals surface area contributed by atoms with Crippen LogP contribution >= 0.6 is 11.3 Å². The number of aromatic nitrogens is 3. The molecule has 0 radical (unpaired) electrons. The standard InChI is InChI=1S/C16H16N4OS/c21-15(5-1-3-14-4-2-10-22-14)19-13-8-6-12(7-9-13)16-17-11-18-20-16/h2,4,6-11H,1,3,5H2,(H,19,21)(H,17,18,20). The number of aromatic amines is 1. The molecular weight excluding hydrogens is 296 g/mol. The van der Waals surface area contributed by atoms with E-state index in [1.54, 1.807) is 11.3 Å². The maximum absolute atomic E-state index is 11.9. The van der Waals surface area contributed by atoms with Crippen LogP contribution in [0.15, 0.2) is 48.1 Å². The molecule has 5 nitrogen and oxygen atoms in total. The van der Waals surface area contributed by atoms with Gasteiger partial charge in [0.15, 0.2) is 5.82 Å². The average Bonchev–Trinajstić information content (AvgIpc) is 3.21. The molecule has 0 bridgehead atoms. The summed E-state index contributed by atoms with van der Waals surface area (Å²) in [4.78, 5) is 17.3. The van der Waals surface area contributed by atoms with Crippen molar-refractivity contribution in [2.75, 3.05) is 5.32 Å². The van der Waals surface area contributed by atoms with Gasteiger partial charge in [-0.05, 0) is 48.6 Å². The summed E-state index contributed by atoms with van der Waals surface area (Å²) in [6.07, 6.45) is 3.82. The second kappa shape index (κ2) is 7.00. The molecule has 0 spiro atoms. The van der Waals surface area contributed by atoms with Crippen LogP contribution in [-0.4, -0.2) is 21.1 Å². The number of thiophene rings is 1. The summed E-state index contributed by atoms with van der Waals surface area (Å²) in [6, 6.07) is 11.7. The highest BCUT2D eigenvalue weighted by Gasteiger charge is 2.05. The summed E-state index contributed by atoms with van der Waals surface area (Å²) in [5, 5.41) is 11.6. The molecule has 0 aliphatic carbocycles. The Balaban J connectivity index is 1.49. The highest BCUT2D eigenvalue weighted by Crippen LogP contribution is 2.17. The first-order valence-corrected chi connectivity index (χ1v) is 7.97. The van der Waals surface area contributed by atoms with Crippen LogP contribution in [0.3, 0.4) is 0 Å². The highest BCUT2D eigenvalue weighted by atomic mass is 32.1. The van der Waals surface area contributed by atoms with Crippen LogP contribution in [0.25, 0.3) is 11.4 Å². The molecule has 1 aromatic carbocycles. The lowest BCUT2D eigenvalue weighted by atomic mass is 10.2. The lowest BCUT2D eigenvalue weighted by Gasteiger charge is -2.05. The Morgan fingerprint density at radius 3 is 2.77 bits per heavy atom. The zero-order valence-electron chi connectivity index (χ0n) is 12.0. The summed E-state index contributed by atoms with van der Waals surface area (Å²) >= 11 is 1.73. The SMILES string of the molecule is O=C(CCCc1cccs1)Nc1ccc(-c2ncn[nH]2)cc1. The fraction of sp³-hybridized carbons (Fsp3) is 0.188. The zero-order chi connectivity index (χ0) is 15.2. The van der Waals surface area contributed by atoms with Gasteiger partial charge in [0.05, 0.1) is 0 Å². The molecule has 2 aromatic heterocycles. The Hall–Kier alpha value is -2.47. The molecule has 0 saturated heterocycles. The topological polar surface area (TPSA) is 70.7 Å². The summed E-state index contributed by atoms with van der Waals surface area (Å²) in [6.45, 7) is 0. The number of anilines is 1. The minimum Gasteiger partial charge on any atom is -0.326 e. The van der Waals surface area contributed by atoms with E-state index in [1.807, 2.05) is 30.3 Å². The molecule has 0 fully saturated rings. The molecule has 0 aliphatic heterocycles. The molecule has 0 atom stereocenters. The van der Waals surface area contributed by atoms with Crippen molar-refractivity contribution >= 4 is 22.9 Å². The van der Waals surface area contributed by atoms with E-state index in [-0.39, 0.29) is 5.91 Å². The number of carbonyl (C=O) groups is 1. The predicted molar refractivity (Wildman–Crippen MR) is 87.7 cm³/mol. The van der Waals surface area contributed by atoms with Crippen LogP contribution in [0.2, 0.25) is 0 Å². The molecule has 1 amide bonds. The first-order chi connectivity index (χ1) is 10.8. The van der Waals surface area contributed by atoms with E-state index in [0.717, 1.165) is 24.1 Å². The average molecular weight is 312 g/mol. The molecule has 112 valence electrons. The van der Waals surface area contributed by atoms with Crippen molar-refractivity contribution in [2.45, 2.75) is 19.3 Å². The van der Waals surface area contributed by atoms with Gasteiger partial charge in [-0.1, -0.05) is 6.07 Å². The van der Waals surface area contributed by atoms with Gasteiger partial charge in [0.2, 0.25) is 5.91 Å². The van der Waals surface area contributed by atoms with Gasteiger partial charge in [-0.2, -0.15) is 5.10 Å². The molecule has 0 saturated carbocycles. The Morgan fingerprint density at radius 1 is 1.23 bits per heavy atom. The molecule has 2 N–H and O–H groups in total. The van der Waals surface area contributed by atoms with Gasteiger partial charge >= 0.3 is 0 Å². The van der Waals surface area contributed by atoms with E-state index >= 15 is 0 Å². The van der Waals surface area contributed by atoms with E-state index in [0.29, 0.717) is 12.2 Å². The van der Waals surface area contributed by atoms with Crippen molar-refractivity contribution in [3.8, 4) is 11.4 Å². The summed E-state index contributed by atoms with van der Waals surface area (Å²) in [5.74, 6) is 0.762. The summed E-state index contributed by atoms with van der Waals surface area (Å²) < 4.78 is 0. The lowest BCUT2D eigenvalue weighted by Crippen LogP contribution is -2.11. The normalized spacial score (nSPS) is 10.5. The Bertz CT molecular complexity index is 705. The highest BCUT2D eigenvalue weighted by molar-refractivity contribution is 7.09. The van der Waals surface area contributed by atoms with Crippen molar-refractivity contribution in [1.29, 1.82) is 0 Å². The Kier molecular flexibility index (Phi) is 4.60. The largest absolute Gasteiger partial charge is 0.326 e. The lowest BCUT2D eigenvalue weighted by molar-refractivity contribution is -0.116. The minimum atomic E-state index is 0.0453. The molecule has 3 rings (SSSR count). The quantitative estimate of drug-likeness (QED) is 0.732. The molecule has 22 heavy (non-hydrogen) atoms. The van der Waals surface area contributed by atoms with E-state index < -0.39 is 0 Å². The van der Waals surface area contributed by atoms with Gasteiger partial charge in [-0.15, -0.1) is 11.3 Å². The second-order valence-electron chi connectivity index (χ2n) is 4.89. The minimum absolute atomic E-state index is 0.0453. The monoisotopic (exact) mass is 312 g/mol. The molecule has 2 heterocycles. The van der Waals surface area contributed by atoms with Crippen LogP contribution in [0, 0.1) is 0 Å². The van der Waals surface area contributed by atoms with Gasteiger partial charge in [-0.25, -0.2) is 4.98 Å². The van der Waals surface area contributed by atoms with Crippen LogP contribution < -0.4 is 5.32 Å². The molecular formula is C16H16N4OS.